The number of nitrogens with zero attached hydrogens (tertiary/aromatic N) is 1. The molecule has 1 aliphatic heterocycles. The van der Waals surface area contributed by atoms with Gasteiger partial charge in [-0.2, -0.15) is 4.31 Å². The van der Waals surface area contributed by atoms with Crippen LogP contribution in [0.3, 0.4) is 0 Å². The van der Waals surface area contributed by atoms with Crippen molar-refractivity contribution in [1.29, 1.82) is 0 Å². The standard InChI is InChI=1S/C22H25ClN2O3S/c1-22(21(26)24-18-10-9-16-5-4-6-17(16)15-18)11-13-25(14-12-22)29(27,28)20-8-3-2-7-19(20)23/h2-3,7-10,15H,4-6,11-14H2,1H3,(H,24,26). The average Bonchev–Trinajstić information content (AvgIpc) is 3.16. The van der Waals surface area contributed by atoms with E-state index >= 15 is 0 Å². The molecule has 7 heteroatoms. The van der Waals surface area contributed by atoms with Gasteiger partial charge < -0.3 is 5.32 Å². The Balaban J connectivity index is 1.44. The zero-order valence-electron chi connectivity index (χ0n) is 16.4. The molecule has 1 heterocycles. The van der Waals surface area contributed by atoms with Crippen LogP contribution in [0.2, 0.25) is 5.02 Å². The first kappa shape index (κ1) is 20.4. The number of rotatable bonds is 4. The predicted octanol–water partition coefficient (Wildman–Crippen LogP) is 4.26. The fraction of sp³-hybridized carbons (Fsp3) is 0.409. The normalized spacial score (nSPS) is 19.0. The molecule has 1 saturated heterocycles. The molecule has 0 aromatic heterocycles. The minimum Gasteiger partial charge on any atom is -0.326 e. The molecule has 2 aromatic carbocycles. The zero-order chi connectivity index (χ0) is 20.6. The lowest BCUT2D eigenvalue weighted by atomic mass is 9.80. The van der Waals surface area contributed by atoms with Crippen LogP contribution in [0.15, 0.2) is 47.4 Å². The second-order valence-electron chi connectivity index (χ2n) is 8.19. The van der Waals surface area contributed by atoms with Crippen LogP contribution in [-0.2, 0) is 27.7 Å². The molecule has 4 rings (SSSR count). The molecular formula is C22H25ClN2O3S. The van der Waals surface area contributed by atoms with Crippen molar-refractivity contribution in [3.05, 3.63) is 58.6 Å². The Labute approximate surface area is 177 Å². The van der Waals surface area contributed by atoms with Gasteiger partial charge in [0.05, 0.1) is 5.02 Å². The third kappa shape index (κ3) is 3.93. The number of anilines is 1. The molecule has 1 N–H and O–H groups in total. The number of fused-ring (bicyclic) bond motifs is 1. The minimum atomic E-state index is -3.66. The summed E-state index contributed by atoms with van der Waals surface area (Å²) in [7, 11) is -3.66. The summed E-state index contributed by atoms with van der Waals surface area (Å²) in [6, 6.07) is 12.6. The Bertz CT molecular complexity index is 1040. The van der Waals surface area contributed by atoms with E-state index in [0.29, 0.717) is 25.9 Å². The van der Waals surface area contributed by atoms with Crippen molar-refractivity contribution < 1.29 is 13.2 Å². The highest BCUT2D eigenvalue weighted by Gasteiger charge is 2.40. The summed E-state index contributed by atoms with van der Waals surface area (Å²) in [5.41, 5.74) is 2.90. The minimum absolute atomic E-state index is 0.0507. The lowest BCUT2D eigenvalue weighted by Gasteiger charge is -2.37. The second kappa shape index (κ2) is 7.74. The molecule has 0 unspecified atom stereocenters. The van der Waals surface area contributed by atoms with Crippen molar-refractivity contribution in [1.82, 2.24) is 4.31 Å². The third-order valence-electron chi connectivity index (χ3n) is 6.18. The van der Waals surface area contributed by atoms with Gasteiger partial charge in [-0.05, 0) is 67.5 Å². The van der Waals surface area contributed by atoms with Crippen LogP contribution in [0.4, 0.5) is 5.69 Å². The topological polar surface area (TPSA) is 66.5 Å². The van der Waals surface area contributed by atoms with Crippen LogP contribution >= 0.6 is 11.6 Å². The van der Waals surface area contributed by atoms with Gasteiger partial charge >= 0.3 is 0 Å². The van der Waals surface area contributed by atoms with E-state index in [9.17, 15) is 13.2 Å². The predicted molar refractivity (Wildman–Crippen MR) is 115 cm³/mol. The number of benzene rings is 2. The second-order valence-corrected chi connectivity index (χ2v) is 10.5. The lowest BCUT2D eigenvalue weighted by Crippen LogP contribution is -2.46. The number of halogens is 1. The number of piperidine rings is 1. The number of aryl methyl sites for hydroxylation is 2. The van der Waals surface area contributed by atoms with Crippen molar-refractivity contribution in [2.45, 2.75) is 43.9 Å². The molecule has 0 bridgehead atoms. The molecule has 154 valence electrons. The van der Waals surface area contributed by atoms with E-state index in [2.05, 4.69) is 17.4 Å². The fourth-order valence-corrected chi connectivity index (χ4v) is 6.11. The van der Waals surface area contributed by atoms with Crippen LogP contribution in [0.25, 0.3) is 0 Å². The average molecular weight is 433 g/mol. The van der Waals surface area contributed by atoms with E-state index in [4.69, 9.17) is 11.6 Å². The summed E-state index contributed by atoms with van der Waals surface area (Å²) in [4.78, 5) is 13.1. The maximum atomic E-state index is 13.0. The number of amides is 1. The van der Waals surface area contributed by atoms with Gasteiger partial charge in [0.2, 0.25) is 15.9 Å². The number of hydrogen-bond acceptors (Lipinski definition) is 3. The first-order valence-corrected chi connectivity index (χ1v) is 11.8. The van der Waals surface area contributed by atoms with Gasteiger partial charge in [0.25, 0.3) is 0 Å². The Kier molecular flexibility index (Phi) is 5.44. The summed E-state index contributed by atoms with van der Waals surface area (Å²) < 4.78 is 27.3. The third-order valence-corrected chi connectivity index (χ3v) is 8.58. The van der Waals surface area contributed by atoms with Crippen LogP contribution in [0.1, 0.15) is 37.3 Å². The summed E-state index contributed by atoms with van der Waals surface area (Å²) in [5.74, 6) is -0.0507. The van der Waals surface area contributed by atoms with E-state index in [1.807, 2.05) is 13.0 Å². The van der Waals surface area contributed by atoms with Crippen molar-refractivity contribution >= 4 is 33.2 Å². The number of nitrogens with one attached hydrogen (secondary N) is 1. The first-order chi connectivity index (χ1) is 13.8. The zero-order valence-corrected chi connectivity index (χ0v) is 18.0. The van der Waals surface area contributed by atoms with Crippen molar-refractivity contribution in [2.75, 3.05) is 18.4 Å². The number of carbonyl (C=O) groups excluding carboxylic acids is 1. The molecule has 0 atom stereocenters. The van der Waals surface area contributed by atoms with Gasteiger partial charge in [-0.3, -0.25) is 4.79 Å². The van der Waals surface area contributed by atoms with E-state index in [-0.39, 0.29) is 15.8 Å². The Hall–Kier alpha value is -1.89. The van der Waals surface area contributed by atoms with Gasteiger partial charge in [0.1, 0.15) is 4.90 Å². The van der Waals surface area contributed by atoms with Crippen LogP contribution in [0.5, 0.6) is 0 Å². The summed E-state index contributed by atoms with van der Waals surface area (Å²) in [5, 5.41) is 3.27. The summed E-state index contributed by atoms with van der Waals surface area (Å²) in [6.07, 6.45) is 4.27. The number of carbonyl (C=O) groups is 1. The van der Waals surface area contributed by atoms with Crippen LogP contribution in [0, 0.1) is 5.41 Å². The smallest absolute Gasteiger partial charge is 0.244 e. The SMILES string of the molecule is CC1(C(=O)Nc2ccc3c(c2)CCC3)CCN(S(=O)(=O)c2ccccc2Cl)CC1. The van der Waals surface area contributed by atoms with Crippen LogP contribution in [-0.4, -0.2) is 31.7 Å². The molecule has 5 nitrogen and oxygen atoms in total. The maximum absolute atomic E-state index is 13.0. The quantitative estimate of drug-likeness (QED) is 0.784. The van der Waals surface area contributed by atoms with Gasteiger partial charge in [0.15, 0.2) is 0 Å². The van der Waals surface area contributed by atoms with Gasteiger partial charge in [0, 0.05) is 24.2 Å². The van der Waals surface area contributed by atoms with Gasteiger partial charge in [-0.15, -0.1) is 0 Å². The molecule has 2 aliphatic rings. The van der Waals surface area contributed by atoms with Crippen molar-refractivity contribution in [3.63, 3.8) is 0 Å². The Morgan fingerprint density at radius 2 is 1.76 bits per heavy atom. The van der Waals surface area contributed by atoms with E-state index < -0.39 is 15.4 Å². The van der Waals surface area contributed by atoms with E-state index in [1.54, 1.807) is 18.2 Å². The highest BCUT2D eigenvalue weighted by Crippen LogP contribution is 2.36. The Morgan fingerprint density at radius 1 is 1.07 bits per heavy atom. The van der Waals surface area contributed by atoms with Gasteiger partial charge in [-0.25, -0.2) is 8.42 Å². The first-order valence-electron chi connectivity index (χ1n) is 9.98. The molecule has 2 aromatic rings. The lowest BCUT2D eigenvalue weighted by molar-refractivity contribution is -0.126. The molecule has 0 radical (unpaired) electrons. The monoisotopic (exact) mass is 432 g/mol. The van der Waals surface area contributed by atoms with E-state index in [1.165, 1.54) is 27.9 Å². The molecular weight excluding hydrogens is 408 g/mol. The van der Waals surface area contributed by atoms with Crippen LogP contribution < -0.4 is 5.32 Å². The molecule has 1 aliphatic carbocycles. The molecule has 0 spiro atoms. The summed E-state index contributed by atoms with van der Waals surface area (Å²) >= 11 is 6.10. The van der Waals surface area contributed by atoms with Crippen molar-refractivity contribution in [3.8, 4) is 0 Å². The Morgan fingerprint density at radius 3 is 2.48 bits per heavy atom. The molecule has 1 fully saturated rings. The fourth-order valence-electron chi connectivity index (χ4n) is 4.17. The molecule has 29 heavy (non-hydrogen) atoms. The summed E-state index contributed by atoms with van der Waals surface area (Å²) in [6.45, 7) is 2.50. The van der Waals surface area contributed by atoms with E-state index in [0.717, 1.165) is 18.5 Å². The highest BCUT2D eigenvalue weighted by atomic mass is 35.5. The maximum Gasteiger partial charge on any atom is 0.244 e. The van der Waals surface area contributed by atoms with Crippen molar-refractivity contribution in [2.24, 2.45) is 5.41 Å². The number of sulfonamides is 1. The molecule has 1 amide bonds. The molecule has 0 saturated carbocycles. The largest absolute Gasteiger partial charge is 0.326 e. The van der Waals surface area contributed by atoms with Gasteiger partial charge in [-0.1, -0.05) is 36.7 Å². The highest BCUT2D eigenvalue weighted by molar-refractivity contribution is 7.89. The number of hydrogen-bond donors (Lipinski definition) is 1.